The van der Waals surface area contributed by atoms with Crippen LogP contribution in [0.15, 0.2) is 23.8 Å². The maximum atomic E-state index is 5.60. The average molecular weight is 153 g/mol. The highest BCUT2D eigenvalue weighted by molar-refractivity contribution is 5.18. The lowest BCUT2D eigenvalue weighted by molar-refractivity contribution is 0.495. The maximum absolute atomic E-state index is 5.60. The molecule has 0 heterocycles. The summed E-state index contributed by atoms with van der Waals surface area (Å²) in [6.07, 6.45) is 6.15. The molecule has 0 aromatic heterocycles. The molecule has 64 valence electrons. The molecule has 1 nitrogen and oxygen atoms in total. The van der Waals surface area contributed by atoms with Crippen molar-refractivity contribution in [1.29, 1.82) is 0 Å². The standard InChI is InChI=1S/C10H19N/c1-5-6-7-9(8-11)10(2,3)4/h5-7H,8,11H2,1-4H3/b6-5-,9-7+. The number of rotatable bonds is 2. The highest BCUT2D eigenvalue weighted by Gasteiger charge is 2.13. The molecule has 0 saturated heterocycles. The number of nitrogens with two attached hydrogens (primary N) is 1. The second-order valence-corrected chi connectivity index (χ2v) is 3.67. The first-order chi connectivity index (χ1) is 5.02. The summed E-state index contributed by atoms with van der Waals surface area (Å²) in [5.41, 5.74) is 7.09. The summed E-state index contributed by atoms with van der Waals surface area (Å²) >= 11 is 0. The number of hydrogen-bond acceptors (Lipinski definition) is 1. The average Bonchev–Trinajstić information content (AvgIpc) is 1.87. The van der Waals surface area contributed by atoms with Crippen LogP contribution in [0.5, 0.6) is 0 Å². The topological polar surface area (TPSA) is 26.0 Å². The second kappa shape index (κ2) is 4.35. The van der Waals surface area contributed by atoms with Gasteiger partial charge in [-0.15, -0.1) is 0 Å². The fourth-order valence-corrected chi connectivity index (χ4v) is 0.837. The van der Waals surface area contributed by atoms with E-state index in [1.165, 1.54) is 5.57 Å². The van der Waals surface area contributed by atoms with Gasteiger partial charge in [-0.2, -0.15) is 0 Å². The van der Waals surface area contributed by atoms with E-state index in [-0.39, 0.29) is 5.41 Å². The molecule has 0 aliphatic carbocycles. The van der Waals surface area contributed by atoms with E-state index in [1.807, 2.05) is 19.1 Å². The van der Waals surface area contributed by atoms with Crippen LogP contribution in [0.3, 0.4) is 0 Å². The first-order valence-corrected chi connectivity index (χ1v) is 4.04. The monoisotopic (exact) mass is 153 g/mol. The van der Waals surface area contributed by atoms with E-state index in [4.69, 9.17) is 5.73 Å². The summed E-state index contributed by atoms with van der Waals surface area (Å²) in [6, 6.07) is 0. The van der Waals surface area contributed by atoms with E-state index in [1.54, 1.807) is 0 Å². The molecule has 0 spiro atoms. The Hall–Kier alpha value is -0.560. The van der Waals surface area contributed by atoms with Gasteiger partial charge in [-0.05, 0) is 12.3 Å². The van der Waals surface area contributed by atoms with Crippen LogP contribution in [0.1, 0.15) is 27.7 Å². The third kappa shape index (κ3) is 3.99. The third-order valence-corrected chi connectivity index (χ3v) is 1.67. The Kier molecular flexibility index (Phi) is 4.12. The van der Waals surface area contributed by atoms with Crippen molar-refractivity contribution < 1.29 is 0 Å². The predicted octanol–water partition coefficient (Wildman–Crippen LogP) is 2.49. The van der Waals surface area contributed by atoms with Gasteiger partial charge < -0.3 is 5.73 Å². The Bertz CT molecular complexity index is 158. The molecular formula is C10H19N. The molecule has 1 heteroatoms. The molecule has 0 saturated carbocycles. The van der Waals surface area contributed by atoms with Crippen LogP contribution in [0.25, 0.3) is 0 Å². The predicted molar refractivity (Wildman–Crippen MR) is 51.4 cm³/mol. The van der Waals surface area contributed by atoms with Crippen molar-refractivity contribution >= 4 is 0 Å². The molecule has 0 bridgehead atoms. The van der Waals surface area contributed by atoms with Crippen molar-refractivity contribution in [3.8, 4) is 0 Å². The van der Waals surface area contributed by atoms with E-state index in [0.717, 1.165) is 0 Å². The fraction of sp³-hybridized carbons (Fsp3) is 0.600. The summed E-state index contributed by atoms with van der Waals surface area (Å²) in [4.78, 5) is 0. The van der Waals surface area contributed by atoms with E-state index >= 15 is 0 Å². The van der Waals surface area contributed by atoms with Crippen molar-refractivity contribution in [2.75, 3.05) is 6.54 Å². The molecule has 0 radical (unpaired) electrons. The van der Waals surface area contributed by atoms with Crippen LogP contribution < -0.4 is 5.73 Å². The van der Waals surface area contributed by atoms with Gasteiger partial charge in [-0.3, -0.25) is 0 Å². The lowest BCUT2D eigenvalue weighted by atomic mass is 9.86. The SMILES string of the molecule is C/C=C\C=C(/CN)C(C)(C)C. The summed E-state index contributed by atoms with van der Waals surface area (Å²) in [7, 11) is 0. The minimum Gasteiger partial charge on any atom is -0.327 e. The second-order valence-electron chi connectivity index (χ2n) is 3.67. The van der Waals surface area contributed by atoms with Crippen molar-refractivity contribution in [3.63, 3.8) is 0 Å². The molecule has 0 amide bonds. The summed E-state index contributed by atoms with van der Waals surface area (Å²) in [5, 5.41) is 0. The van der Waals surface area contributed by atoms with Crippen LogP contribution in [0.2, 0.25) is 0 Å². The molecule has 0 rings (SSSR count). The minimum absolute atomic E-state index is 0.203. The largest absolute Gasteiger partial charge is 0.327 e. The lowest BCUT2D eigenvalue weighted by Crippen LogP contribution is -2.17. The van der Waals surface area contributed by atoms with Gasteiger partial charge in [0.1, 0.15) is 0 Å². The molecule has 0 aliphatic rings. The van der Waals surface area contributed by atoms with Gasteiger partial charge in [0.2, 0.25) is 0 Å². The molecule has 0 aromatic rings. The van der Waals surface area contributed by atoms with E-state index < -0.39 is 0 Å². The third-order valence-electron chi connectivity index (χ3n) is 1.67. The Labute approximate surface area is 70.0 Å². The molecule has 11 heavy (non-hydrogen) atoms. The van der Waals surface area contributed by atoms with Crippen molar-refractivity contribution in [3.05, 3.63) is 23.8 Å². The Morgan fingerprint density at radius 3 is 2.18 bits per heavy atom. The minimum atomic E-state index is 0.203. The first-order valence-electron chi connectivity index (χ1n) is 4.04. The normalized spacial score (nSPS) is 14.5. The summed E-state index contributed by atoms with van der Waals surface area (Å²) in [6.45, 7) is 9.18. The zero-order valence-electron chi connectivity index (χ0n) is 8.02. The molecule has 0 aliphatic heterocycles. The summed E-state index contributed by atoms with van der Waals surface area (Å²) < 4.78 is 0. The van der Waals surface area contributed by atoms with E-state index in [2.05, 4.69) is 26.8 Å². The van der Waals surface area contributed by atoms with E-state index in [9.17, 15) is 0 Å². The maximum Gasteiger partial charge on any atom is 0.0145 e. The molecule has 0 aromatic carbocycles. The van der Waals surface area contributed by atoms with Gasteiger partial charge in [0.15, 0.2) is 0 Å². The Balaban J connectivity index is 4.40. The molecule has 2 N–H and O–H groups in total. The van der Waals surface area contributed by atoms with Gasteiger partial charge in [0.05, 0.1) is 0 Å². The molecule has 0 unspecified atom stereocenters. The van der Waals surface area contributed by atoms with Gasteiger partial charge in [-0.1, -0.05) is 44.6 Å². The smallest absolute Gasteiger partial charge is 0.0145 e. The Morgan fingerprint density at radius 2 is 1.91 bits per heavy atom. The van der Waals surface area contributed by atoms with Crippen molar-refractivity contribution in [2.45, 2.75) is 27.7 Å². The van der Waals surface area contributed by atoms with Crippen LogP contribution in [-0.4, -0.2) is 6.54 Å². The Morgan fingerprint density at radius 1 is 1.36 bits per heavy atom. The molecule has 0 atom stereocenters. The van der Waals surface area contributed by atoms with Crippen LogP contribution in [-0.2, 0) is 0 Å². The number of allylic oxidation sites excluding steroid dienone is 3. The molecular weight excluding hydrogens is 134 g/mol. The fourth-order valence-electron chi connectivity index (χ4n) is 0.837. The zero-order valence-corrected chi connectivity index (χ0v) is 8.02. The van der Waals surface area contributed by atoms with Gasteiger partial charge >= 0.3 is 0 Å². The number of hydrogen-bond donors (Lipinski definition) is 1. The van der Waals surface area contributed by atoms with Crippen LogP contribution in [0.4, 0.5) is 0 Å². The van der Waals surface area contributed by atoms with Crippen molar-refractivity contribution in [2.24, 2.45) is 11.1 Å². The zero-order chi connectivity index (χ0) is 8.91. The van der Waals surface area contributed by atoms with Crippen molar-refractivity contribution in [1.82, 2.24) is 0 Å². The summed E-state index contributed by atoms with van der Waals surface area (Å²) in [5.74, 6) is 0. The van der Waals surface area contributed by atoms with E-state index in [0.29, 0.717) is 6.54 Å². The quantitative estimate of drug-likeness (QED) is 0.606. The molecule has 0 fully saturated rings. The highest BCUT2D eigenvalue weighted by atomic mass is 14.5. The van der Waals surface area contributed by atoms with Gasteiger partial charge in [0, 0.05) is 6.54 Å². The van der Waals surface area contributed by atoms with Crippen LogP contribution >= 0.6 is 0 Å². The van der Waals surface area contributed by atoms with Gasteiger partial charge in [0.25, 0.3) is 0 Å². The highest BCUT2D eigenvalue weighted by Crippen LogP contribution is 2.23. The lowest BCUT2D eigenvalue weighted by Gasteiger charge is -2.21. The van der Waals surface area contributed by atoms with Crippen LogP contribution in [0, 0.1) is 5.41 Å². The van der Waals surface area contributed by atoms with Gasteiger partial charge in [-0.25, -0.2) is 0 Å². The first kappa shape index (κ1) is 10.4.